The maximum Gasteiger partial charge on any atom is 0.417 e. The minimum Gasteiger partial charge on any atom is -0.298 e. The molecule has 0 radical (unpaired) electrons. The van der Waals surface area contributed by atoms with Crippen LogP contribution in [0.15, 0.2) is 6.07 Å². The number of aryl methyl sites for hydroxylation is 2. The van der Waals surface area contributed by atoms with Crippen LogP contribution < -0.4 is 0 Å². The van der Waals surface area contributed by atoms with Crippen molar-refractivity contribution < 1.29 is 18.0 Å². The Morgan fingerprint density at radius 1 is 1.36 bits per heavy atom. The Morgan fingerprint density at radius 3 is 2.36 bits per heavy atom. The van der Waals surface area contributed by atoms with E-state index in [4.69, 9.17) is 0 Å². The molecule has 1 heterocycles. The summed E-state index contributed by atoms with van der Waals surface area (Å²) in [6.45, 7) is 2.84. The summed E-state index contributed by atoms with van der Waals surface area (Å²) < 4.78 is 37.2. The maximum atomic E-state index is 12.4. The summed E-state index contributed by atoms with van der Waals surface area (Å²) in [7, 11) is 0. The molecule has 0 saturated heterocycles. The number of nitrogens with zero attached hydrogens (tertiary/aromatic N) is 1. The van der Waals surface area contributed by atoms with E-state index in [1.165, 1.54) is 13.8 Å². The number of carbonyl (C=O) groups excluding carboxylic acids is 1. The Hall–Kier alpha value is -1.39. The third-order valence-corrected chi connectivity index (χ3v) is 1.80. The van der Waals surface area contributed by atoms with Crippen molar-refractivity contribution in [2.45, 2.75) is 20.0 Å². The molecule has 0 atom stereocenters. The molecule has 0 unspecified atom stereocenters. The molecule has 0 saturated carbocycles. The number of hydrogen-bond donors (Lipinski definition) is 0. The van der Waals surface area contributed by atoms with Crippen molar-refractivity contribution in [1.29, 1.82) is 0 Å². The van der Waals surface area contributed by atoms with Crippen LogP contribution in [-0.2, 0) is 6.18 Å². The summed E-state index contributed by atoms with van der Waals surface area (Å²) in [5.41, 5.74) is -0.951. The fraction of sp³-hybridized carbons (Fsp3) is 0.333. The average molecular weight is 203 g/mol. The highest BCUT2D eigenvalue weighted by atomic mass is 19.4. The first-order valence-corrected chi connectivity index (χ1v) is 3.87. The van der Waals surface area contributed by atoms with Crippen molar-refractivity contribution in [1.82, 2.24) is 4.98 Å². The number of hydrogen-bond acceptors (Lipinski definition) is 2. The molecule has 76 valence electrons. The number of rotatable bonds is 1. The molecule has 0 fully saturated rings. The van der Waals surface area contributed by atoms with Gasteiger partial charge >= 0.3 is 6.18 Å². The quantitative estimate of drug-likeness (QED) is 0.656. The lowest BCUT2D eigenvalue weighted by Gasteiger charge is -2.11. The second kappa shape index (κ2) is 3.40. The van der Waals surface area contributed by atoms with Crippen molar-refractivity contribution in [3.63, 3.8) is 0 Å². The van der Waals surface area contributed by atoms with Gasteiger partial charge in [0.1, 0.15) is 0 Å². The second-order valence-electron chi connectivity index (χ2n) is 2.93. The summed E-state index contributed by atoms with van der Waals surface area (Å²) in [6.07, 6.45) is -4.32. The molecule has 0 aliphatic carbocycles. The van der Waals surface area contributed by atoms with E-state index >= 15 is 0 Å². The number of pyridine rings is 1. The SMILES string of the molecule is Cc1cc(C(F)(F)F)c(C=O)c(C)n1. The van der Waals surface area contributed by atoms with Crippen molar-refractivity contribution in [2.24, 2.45) is 0 Å². The maximum absolute atomic E-state index is 12.4. The zero-order chi connectivity index (χ0) is 10.9. The van der Waals surface area contributed by atoms with E-state index in [1.807, 2.05) is 0 Å². The van der Waals surface area contributed by atoms with E-state index < -0.39 is 11.7 Å². The van der Waals surface area contributed by atoms with Crippen LogP contribution in [-0.4, -0.2) is 11.3 Å². The topological polar surface area (TPSA) is 30.0 Å². The Morgan fingerprint density at radius 2 is 1.93 bits per heavy atom. The highest BCUT2D eigenvalue weighted by Gasteiger charge is 2.34. The lowest BCUT2D eigenvalue weighted by Crippen LogP contribution is -2.12. The van der Waals surface area contributed by atoms with E-state index in [0.717, 1.165) is 6.07 Å². The molecule has 0 aromatic carbocycles. The van der Waals surface area contributed by atoms with Gasteiger partial charge in [0.15, 0.2) is 6.29 Å². The molecule has 1 aromatic rings. The molecule has 0 bridgehead atoms. The average Bonchev–Trinajstić information content (AvgIpc) is 2.01. The van der Waals surface area contributed by atoms with Crippen LogP contribution in [0.4, 0.5) is 13.2 Å². The Kier molecular flexibility index (Phi) is 2.59. The number of alkyl halides is 3. The van der Waals surface area contributed by atoms with Gasteiger partial charge in [0.05, 0.1) is 5.56 Å². The molecular formula is C9H8F3NO. The second-order valence-corrected chi connectivity index (χ2v) is 2.93. The molecular weight excluding hydrogens is 195 g/mol. The van der Waals surface area contributed by atoms with Gasteiger partial charge in [-0.25, -0.2) is 0 Å². The molecule has 0 amide bonds. The standard InChI is InChI=1S/C9H8F3NO/c1-5-3-8(9(10,11)12)7(4-14)6(2)13-5/h3-4H,1-2H3. The van der Waals surface area contributed by atoms with Gasteiger partial charge in [-0.3, -0.25) is 9.78 Å². The van der Waals surface area contributed by atoms with Crippen LogP contribution in [0.3, 0.4) is 0 Å². The first-order chi connectivity index (χ1) is 6.36. The van der Waals surface area contributed by atoms with E-state index in [1.54, 1.807) is 0 Å². The molecule has 0 aliphatic heterocycles. The third kappa shape index (κ3) is 1.92. The van der Waals surface area contributed by atoms with Gasteiger partial charge in [-0.1, -0.05) is 0 Å². The Labute approximate surface area is 78.8 Å². The van der Waals surface area contributed by atoms with Crippen molar-refractivity contribution in [3.05, 3.63) is 28.6 Å². The Bertz CT molecular complexity index is 371. The van der Waals surface area contributed by atoms with Crippen LogP contribution in [0, 0.1) is 13.8 Å². The van der Waals surface area contributed by atoms with Crippen molar-refractivity contribution in [2.75, 3.05) is 0 Å². The minimum absolute atomic E-state index is 0.104. The molecule has 14 heavy (non-hydrogen) atoms. The lowest BCUT2D eigenvalue weighted by molar-refractivity contribution is -0.138. The van der Waals surface area contributed by atoms with Gasteiger partial charge in [0.25, 0.3) is 0 Å². The van der Waals surface area contributed by atoms with Crippen LogP contribution in [0.2, 0.25) is 0 Å². The van der Waals surface area contributed by atoms with Gasteiger partial charge in [-0.2, -0.15) is 13.2 Å². The fourth-order valence-corrected chi connectivity index (χ4v) is 1.22. The first-order valence-electron chi connectivity index (χ1n) is 3.87. The lowest BCUT2D eigenvalue weighted by atomic mass is 10.1. The predicted molar refractivity (Wildman–Crippen MR) is 44.1 cm³/mol. The van der Waals surface area contributed by atoms with Gasteiger partial charge in [-0.05, 0) is 19.9 Å². The van der Waals surface area contributed by atoms with Crippen LogP contribution in [0.1, 0.15) is 27.3 Å². The van der Waals surface area contributed by atoms with Crippen LogP contribution in [0.25, 0.3) is 0 Å². The summed E-state index contributed by atoms with van der Waals surface area (Å²) >= 11 is 0. The van der Waals surface area contributed by atoms with Gasteiger partial charge in [0.2, 0.25) is 0 Å². The van der Waals surface area contributed by atoms with E-state index in [9.17, 15) is 18.0 Å². The van der Waals surface area contributed by atoms with Gasteiger partial charge < -0.3 is 0 Å². The fourth-order valence-electron chi connectivity index (χ4n) is 1.22. The highest BCUT2D eigenvalue weighted by Crippen LogP contribution is 2.32. The molecule has 2 nitrogen and oxygen atoms in total. The number of halogens is 3. The van der Waals surface area contributed by atoms with Crippen LogP contribution in [0.5, 0.6) is 0 Å². The molecule has 0 N–H and O–H groups in total. The monoisotopic (exact) mass is 203 g/mol. The third-order valence-electron chi connectivity index (χ3n) is 1.80. The predicted octanol–water partition coefficient (Wildman–Crippen LogP) is 2.53. The van der Waals surface area contributed by atoms with E-state index in [0.29, 0.717) is 0 Å². The Balaban J connectivity index is 3.48. The molecule has 0 spiro atoms. The summed E-state index contributed by atoms with van der Waals surface area (Å²) in [6, 6.07) is 0.872. The first kappa shape index (κ1) is 10.7. The van der Waals surface area contributed by atoms with Crippen molar-refractivity contribution in [3.8, 4) is 0 Å². The smallest absolute Gasteiger partial charge is 0.298 e. The zero-order valence-corrected chi connectivity index (χ0v) is 7.64. The van der Waals surface area contributed by atoms with E-state index in [2.05, 4.69) is 4.98 Å². The molecule has 0 aliphatic rings. The normalized spacial score (nSPS) is 11.5. The van der Waals surface area contributed by atoms with Gasteiger partial charge in [0, 0.05) is 17.0 Å². The summed E-state index contributed by atoms with van der Waals surface area (Å²) in [5, 5.41) is 0. The molecule has 5 heteroatoms. The largest absolute Gasteiger partial charge is 0.417 e. The minimum atomic E-state index is -4.51. The highest BCUT2D eigenvalue weighted by molar-refractivity contribution is 5.79. The van der Waals surface area contributed by atoms with Gasteiger partial charge in [-0.15, -0.1) is 0 Å². The van der Waals surface area contributed by atoms with Crippen LogP contribution >= 0.6 is 0 Å². The number of carbonyl (C=O) groups is 1. The summed E-state index contributed by atoms with van der Waals surface area (Å²) in [5.74, 6) is 0. The summed E-state index contributed by atoms with van der Waals surface area (Å²) in [4.78, 5) is 14.3. The molecule has 1 aromatic heterocycles. The number of aromatic nitrogens is 1. The zero-order valence-electron chi connectivity index (χ0n) is 7.64. The number of aldehydes is 1. The van der Waals surface area contributed by atoms with E-state index in [-0.39, 0.29) is 23.2 Å². The van der Waals surface area contributed by atoms with Crippen molar-refractivity contribution >= 4 is 6.29 Å². The molecule has 1 rings (SSSR count).